The van der Waals surface area contributed by atoms with E-state index >= 15 is 0 Å². The fourth-order valence-corrected chi connectivity index (χ4v) is 1.46. The normalized spacial score (nSPS) is 9.41. The fourth-order valence-electron chi connectivity index (χ4n) is 1.27. The Morgan fingerprint density at radius 2 is 2.00 bits per heavy atom. The Kier molecular flexibility index (Phi) is 3.38. The average Bonchev–Trinajstić information content (AvgIpc) is 2.30. The molecule has 6 heteroatoms. The molecule has 17 heavy (non-hydrogen) atoms. The van der Waals surface area contributed by atoms with Crippen molar-refractivity contribution in [2.24, 2.45) is 0 Å². The van der Waals surface area contributed by atoms with E-state index in [1.807, 2.05) is 12.1 Å². The number of rotatable bonds is 3. The van der Waals surface area contributed by atoms with Crippen LogP contribution >= 0.6 is 11.6 Å². The van der Waals surface area contributed by atoms with Gasteiger partial charge in [0.2, 0.25) is 0 Å². The summed E-state index contributed by atoms with van der Waals surface area (Å²) in [7, 11) is 0. The molecule has 84 valence electrons. The molecule has 0 aliphatic rings. The lowest BCUT2D eigenvalue weighted by Crippen LogP contribution is -1.97. The van der Waals surface area contributed by atoms with E-state index in [-0.39, 0.29) is 0 Å². The van der Waals surface area contributed by atoms with Gasteiger partial charge in [0.1, 0.15) is 18.0 Å². The number of nitriles is 1. The van der Waals surface area contributed by atoms with E-state index in [0.717, 1.165) is 5.69 Å². The van der Waals surface area contributed by atoms with E-state index in [1.165, 1.54) is 6.33 Å². The van der Waals surface area contributed by atoms with Gasteiger partial charge in [-0.3, -0.25) is 5.32 Å². The van der Waals surface area contributed by atoms with Crippen molar-refractivity contribution in [1.82, 2.24) is 9.97 Å². The Bertz CT molecular complexity index is 564. The summed E-state index contributed by atoms with van der Waals surface area (Å²) >= 11 is 5.86. The lowest BCUT2D eigenvalue weighted by molar-refractivity contribution is 1.17. The number of hydrogen-bond acceptors (Lipinski definition) is 5. The minimum absolute atomic E-state index is 0.437. The summed E-state index contributed by atoms with van der Waals surface area (Å²) in [5.41, 5.74) is 0.819. The zero-order valence-electron chi connectivity index (χ0n) is 8.68. The number of aromatic nitrogens is 2. The summed E-state index contributed by atoms with van der Waals surface area (Å²) in [6.45, 7) is 0. The van der Waals surface area contributed by atoms with Crippen LogP contribution in [-0.2, 0) is 0 Å². The summed E-state index contributed by atoms with van der Waals surface area (Å²) in [6.07, 6.45) is 3.16. The fraction of sp³-hybridized carbons (Fsp3) is 0. The largest absolute Gasteiger partial charge is 0.340 e. The van der Waals surface area contributed by atoms with Gasteiger partial charge < -0.3 is 5.32 Å². The number of hydrogen-bond donors (Lipinski definition) is 2. The number of nitrogens with zero attached hydrogens (tertiary/aromatic N) is 3. The van der Waals surface area contributed by atoms with Gasteiger partial charge in [-0.15, -0.1) is 0 Å². The van der Waals surface area contributed by atoms with Crippen LogP contribution in [0.5, 0.6) is 0 Å². The number of nitrogens with one attached hydrogen (secondary N) is 2. The van der Waals surface area contributed by atoms with E-state index in [4.69, 9.17) is 16.9 Å². The van der Waals surface area contributed by atoms with Crippen LogP contribution in [0.4, 0.5) is 17.3 Å². The second-order valence-electron chi connectivity index (χ2n) is 3.16. The van der Waals surface area contributed by atoms with Crippen molar-refractivity contribution in [1.29, 1.82) is 5.26 Å². The van der Waals surface area contributed by atoms with Crippen LogP contribution in [0.25, 0.3) is 0 Å². The highest BCUT2D eigenvalue weighted by Crippen LogP contribution is 2.19. The van der Waals surface area contributed by atoms with E-state index in [9.17, 15) is 0 Å². The van der Waals surface area contributed by atoms with E-state index in [0.29, 0.717) is 16.7 Å². The molecule has 0 radical (unpaired) electrons. The Labute approximate surface area is 103 Å². The van der Waals surface area contributed by atoms with Crippen molar-refractivity contribution < 1.29 is 0 Å². The third kappa shape index (κ3) is 3.06. The number of benzene rings is 1. The van der Waals surface area contributed by atoms with Crippen molar-refractivity contribution >= 4 is 28.9 Å². The van der Waals surface area contributed by atoms with Gasteiger partial charge in [0.05, 0.1) is 0 Å². The monoisotopic (exact) mass is 245 g/mol. The third-order valence-corrected chi connectivity index (χ3v) is 2.18. The van der Waals surface area contributed by atoms with Crippen LogP contribution < -0.4 is 10.6 Å². The van der Waals surface area contributed by atoms with Gasteiger partial charge in [0, 0.05) is 16.8 Å². The van der Waals surface area contributed by atoms with Crippen molar-refractivity contribution in [3.8, 4) is 6.19 Å². The Morgan fingerprint density at radius 1 is 1.18 bits per heavy atom. The second-order valence-corrected chi connectivity index (χ2v) is 3.60. The summed E-state index contributed by atoms with van der Waals surface area (Å²) in [5.74, 6) is 1.02. The first-order valence-electron chi connectivity index (χ1n) is 4.77. The highest BCUT2D eigenvalue weighted by Gasteiger charge is 1.99. The summed E-state index contributed by atoms with van der Waals surface area (Å²) in [4.78, 5) is 7.91. The molecule has 0 fully saturated rings. The molecular formula is C11H8ClN5. The summed E-state index contributed by atoms with van der Waals surface area (Å²) < 4.78 is 0. The quantitative estimate of drug-likeness (QED) is 0.643. The second kappa shape index (κ2) is 5.14. The lowest BCUT2D eigenvalue weighted by atomic mass is 10.3. The zero-order valence-corrected chi connectivity index (χ0v) is 9.44. The average molecular weight is 246 g/mol. The third-order valence-electron chi connectivity index (χ3n) is 1.95. The van der Waals surface area contributed by atoms with E-state index < -0.39 is 0 Å². The molecule has 1 aromatic heterocycles. The van der Waals surface area contributed by atoms with Crippen molar-refractivity contribution in [2.45, 2.75) is 0 Å². The molecular weight excluding hydrogens is 238 g/mol. The molecule has 0 saturated heterocycles. The van der Waals surface area contributed by atoms with E-state index in [2.05, 4.69) is 20.6 Å². The highest BCUT2D eigenvalue weighted by molar-refractivity contribution is 6.30. The van der Waals surface area contributed by atoms with Crippen molar-refractivity contribution in [3.63, 3.8) is 0 Å². The smallest absolute Gasteiger partial charge is 0.182 e. The molecule has 5 nitrogen and oxygen atoms in total. The summed E-state index contributed by atoms with van der Waals surface area (Å²) in [5, 5.41) is 14.6. The lowest BCUT2D eigenvalue weighted by Gasteiger charge is -2.06. The number of anilines is 3. The molecule has 1 aromatic carbocycles. The molecule has 0 bridgehead atoms. The van der Waals surface area contributed by atoms with Crippen molar-refractivity contribution in [2.75, 3.05) is 10.6 Å². The van der Waals surface area contributed by atoms with Crippen molar-refractivity contribution in [3.05, 3.63) is 41.7 Å². The minimum Gasteiger partial charge on any atom is -0.340 e. The Hall–Kier alpha value is -2.32. The van der Waals surface area contributed by atoms with Gasteiger partial charge in [-0.1, -0.05) is 17.7 Å². The van der Waals surface area contributed by atoms with E-state index in [1.54, 1.807) is 24.4 Å². The summed E-state index contributed by atoms with van der Waals surface area (Å²) in [6, 6.07) is 8.90. The molecule has 0 amide bonds. The first-order valence-corrected chi connectivity index (χ1v) is 5.15. The van der Waals surface area contributed by atoms with Crippen LogP contribution in [0.2, 0.25) is 5.02 Å². The van der Waals surface area contributed by atoms with Crippen LogP contribution in [-0.4, -0.2) is 9.97 Å². The molecule has 2 N–H and O–H groups in total. The molecule has 0 spiro atoms. The zero-order chi connectivity index (χ0) is 12.1. The van der Waals surface area contributed by atoms with Gasteiger partial charge in [-0.05, 0) is 18.2 Å². The predicted molar refractivity (Wildman–Crippen MR) is 66.0 cm³/mol. The first kappa shape index (κ1) is 11.2. The predicted octanol–water partition coefficient (Wildman–Crippen LogP) is 2.77. The highest BCUT2D eigenvalue weighted by atomic mass is 35.5. The van der Waals surface area contributed by atoms with Crippen LogP contribution in [0.3, 0.4) is 0 Å². The molecule has 2 rings (SSSR count). The molecule has 2 aromatic rings. The maximum atomic E-state index is 8.48. The maximum absolute atomic E-state index is 8.48. The Morgan fingerprint density at radius 3 is 2.76 bits per heavy atom. The van der Waals surface area contributed by atoms with Gasteiger partial charge in [0.25, 0.3) is 0 Å². The minimum atomic E-state index is 0.437. The molecule has 0 aliphatic heterocycles. The molecule has 0 unspecified atom stereocenters. The van der Waals surface area contributed by atoms with Crippen LogP contribution in [0.1, 0.15) is 0 Å². The standard InChI is InChI=1S/C11H8ClN5/c12-8-2-1-3-9(4-8)17-11-5-10(14-6-13)15-7-16-11/h1-5,7H,(H2,14,15,16,17). The molecule has 0 saturated carbocycles. The Balaban J connectivity index is 2.19. The SMILES string of the molecule is N#CNc1cc(Nc2cccc(Cl)c2)ncn1. The van der Waals surface area contributed by atoms with Gasteiger partial charge >= 0.3 is 0 Å². The topological polar surface area (TPSA) is 73.6 Å². The first-order chi connectivity index (χ1) is 8.28. The molecule has 0 atom stereocenters. The maximum Gasteiger partial charge on any atom is 0.182 e. The molecule has 1 heterocycles. The van der Waals surface area contributed by atoms with Gasteiger partial charge in [0.15, 0.2) is 6.19 Å². The van der Waals surface area contributed by atoms with Crippen LogP contribution in [0.15, 0.2) is 36.7 Å². The van der Waals surface area contributed by atoms with Crippen LogP contribution in [0, 0.1) is 11.5 Å². The number of halogens is 1. The van der Waals surface area contributed by atoms with Gasteiger partial charge in [-0.25, -0.2) is 9.97 Å². The van der Waals surface area contributed by atoms with Gasteiger partial charge in [-0.2, -0.15) is 5.26 Å². The molecule has 0 aliphatic carbocycles.